The molecule has 146 valence electrons. The summed E-state index contributed by atoms with van der Waals surface area (Å²) in [4.78, 5) is 0. The van der Waals surface area contributed by atoms with Crippen LogP contribution in [0.25, 0.3) is 0 Å². The highest BCUT2D eigenvalue weighted by molar-refractivity contribution is 5.27. The molecule has 1 aliphatic heterocycles. The highest BCUT2D eigenvalue weighted by Gasteiger charge is 2.21. The Bertz CT molecular complexity index is 652. The molecule has 2 atom stereocenters. The lowest BCUT2D eigenvalue weighted by Gasteiger charge is -2.28. The van der Waals surface area contributed by atoms with Crippen LogP contribution in [-0.2, 0) is 27.1 Å². The van der Waals surface area contributed by atoms with Gasteiger partial charge in [0.25, 0.3) is 0 Å². The molecule has 0 radical (unpaired) electrons. The minimum Gasteiger partial charge on any atom is -0.394 e. The molecule has 1 saturated heterocycles. The summed E-state index contributed by atoms with van der Waals surface area (Å²) >= 11 is 0. The molecular weight excluding hydrogens is 340 g/mol. The van der Waals surface area contributed by atoms with Gasteiger partial charge in [-0.1, -0.05) is 54.6 Å². The van der Waals surface area contributed by atoms with E-state index in [4.69, 9.17) is 19.3 Å². The van der Waals surface area contributed by atoms with Gasteiger partial charge in [0.2, 0.25) is 0 Å². The Morgan fingerprint density at radius 1 is 1.00 bits per heavy atom. The maximum Gasteiger partial charge on any atom is 0.158 e. The van der Waals surface area contributed by atoms with Gasteiger partial charge in [-0.2, -0.15) is 0 Å². The molecule has 0 aromatic heterocycles. The number of aliphatic hydroxyl groups excluding tert-OH is 1. The highest BCUT2D eigenvalue weighted by atomic mass is 16.7. The number of hydrogen-bond acceptors (Lipinski definition) is 4. The van der Waals surface area contributed by atoms with Crippen LogP contribution < -0.4 is 0 Å². The van der Waals surface area contributed by atoms with Gasteiger partial charge < -0.3 is 19.3 Å². The molecule has 27 heavy (non-hydrogen) atoms. The fraction of sp³-hybridized carbons (Fsp3) is 0.478. The second-order valence-electron chi connectivity index (χ2n) is 6.94. The lowest BCUT2D eigenvalue weighted by molar-refractivity contribution is -0.189. The van der Waals surface area contributed by atoms with Crippen molar-refractivity contribution in [1.29, 1.82) is 0 Å². The molecule has 4 heteroatoms. The summed E-state index contributed by atoms with van der Waals surface area (Å²) in [7, 11) is 0. The third-order valence-electron chi connectivity index (χ3n) is 4.81. The summed E-state index contributed by atoms with van der Waals surface area (Å²) in [5.41, 5.74) is 3.65. The molecule has 1 aliphatic rings. The van der Waals surface area contributed by atoms with Crippen molar-refractivity contribution < 1.29 is 19.3 Å². The minimum absolute atomic E-state index is 0.0335. The fourth-order valence-electron chi connectivity index (χ4n) is 3.38. The van der Waals surface area contributed by atoms with Gasteiger partial charge in [0, 0.05) is 13.0 Å². The maximum atomic E-state index is 8.82. The molecule has 0 bridgehead atoms. The largest absolute Gasteiger partial charge is 0.394 e. The molecule has 0 amide bonds. The summed E-state index contributed by atoms with van der Waals surface area (Å²) in [5, 5.41) is 8.82. The van der Waals surface area contributed by atoms with Crippen molar-refractivity contribution in [1.82, 2.24) is 0 Å². The zero-order valence-corrected chi connectivity index (χ0v) is 15.9. The standard InChI is InChI=1S/C23H30O4/c24-13-16-25-15-12-20-9-6-10-21(17-20)22(18-19-7-2-1-3-8-19)27-23-11-4-5-14-26-23/h1-3,6-10,17,22-24H,4-5,11-16,18H2. The summed E-state index contributed by atoms with van der Waals surface area (Å²) in [6.07, 6.45) is 4.73. The van der Waals surface area contributed by atoms with E-state index in [9.17, 15) is 0 Å². The smallest absolute Gasteiger partial charge is 0.158 e. The van der Waals surface area contributed by atoms with Crippen molar-refractivity contribution in [2.45, 2.75) is 44.5 Å². The zero-order valence-electron chi connectivity index (χ0n) is 15.9. The van der Waals surface area contributed by atoms with Gasteiger partial charge in [-0.25, -0.2) is 0 Å². The number of benzene rings is 2. The van der Waals surface area contributed by atoms with Gasteiger partial charge in [-0.05, 0) is 42.4 Å². The summed E-state index contributed by atoms with van der Waals surface area (Å²) in [5.74, 6) is 0. The first kappa shape index (κ1) is 20.0. The van der Waals surface area contributed by atoms with Crippen LogP contribution in [-0.4, -0.2) is 37.8 Å². The SMILES string of the molecule is OCCOCCc1cccc(C(Cc2ccccc2)OC2CCCCO2)c1. The van der Waals surface area contributed by atoms with E-state index in [1.165, 1.54) is 16.7 Å². The van der Waals surface area contributed by atoms with Crippen molar-refractivity contribution in [3.8, 4) is 0 Å². The lowest BCUT2D eigenvalue weighted by atomic mass is 9.98. The van der Waals surface area contributed by atoms with Crippen molar-refractivity contribution in [3.05, 3.63) is 71.3 Å². The topological polar surface area (TPSA) is 47.9 Å². The second kappa shape index (κ2) is 11.2. The van der Waals surface area contributed by atoms with Crippen LogP contribution in [0, 0.1) is 0 Å². The van der Waals surface area contributed by atoms with Crippen LogP contribution in [0.15, 0.2) is 54.6 Å². The number of aliphatic hydroxyl groups is 1. The molecule has 2 aromatic carbocycles. The predicted molar refractivity (Wildman–Crippen MR) is 106 cm³/mol. The van der Waals surface area contributed by atoms with E-state index in [0.29, 0.717) is 13.2 Å². The molecule has 0 aliphatic carbocycles. The molecular formula is C23H30O4. The van der Waals surface area contributed by atoms with E-state index in [2.05, 4.69) is 48.5 Å². The molecule has 3 rings (SSSR count). The average Bonchev–Trinajstić information content (AvgIpc) is 2.73. The van der Waals surface area contributed by atoms with Crippen LogP contribution in [0.2, 0.25) is 0 Å². The van der Waals surface area contributed by atoms with Crippen LogP contribution >= 0.6 is 0 Å². The molecule has 4 nitrogen and oxygen atoms in total. The van der Waals surface area contributed by atoms with Gasteiger partial charge in [-0.3, -0.25) is 0 Å². The Kier molecular flexibility index (Phi) is 8.31. The zero-order chi connectivity index (χ0) is 18.7. The minimum atomic E-state index is -0.121. The Hall–Kier alpha value is -1.72. The molecule has 1 heterocycles. The monoisotopic (exact) mass is 370 g/mol. The quantitative estimate of drug-likeness (QED) is 0.641. The van der Waals surface area contributed by atoms with Crippen molar-refractivity contribution in [2.75, 3.05) is 26.4 Å². The Balaban J connectivity index is 1.70. The van der Waals surface area contributed by atoms with E-state index in [0.717, 1.165) is 38.7 Å². The molecule has 1 fully saturated rings. The number of ether oxygens (including phenoxy) is 3. The van der Waals surface area contributed by atoms with E-state index in [1.54, 1.807) is 0 Å². The predicted octanol–water partition coefficient (Wildman–Crippen LogP) is 4.07. The number of rotatable bonds is 10. The maximum absolute atomic E-state index is 8.82. The van der Waals surface area contributed by atoms with Crippen molar-refractivity contribution in [2.24, 2.45) is 0 Å². The summed E-state index contributed by atoms with van der Waals surface area (Å²) < 4.78 is 17.6. The van der Waals surface area contributed by atoms with Gasteiger partial charge in [0.05, 0.1) is 25.9 Å². The Morgan fingerprint density at radius 3 is 2.63 bits per heavy atom. The first-order valence-corrected chi connectivity index (χ1v) is 9.93. The van der Waals surface area contributed by atoms with Crippen LogP contribution in [0.4, 0.5) is 0 Å². The third kappa shape index (κ3) is 6.74. The van der Waals surface area contributed by atoms with Gasteiger partial charge >= 0.3 is 0 Å². The van der Waals surface area contributed by atoms with Crippen LogP contribution in [0.3, 0.4) is 0 Å². The van der Waals surface area contributed by atoms with Gasteiger partial charge in [-0.15, -0.1) is 0 Å². The van der Waals surface area contributed by atoms with Crippen molar-refractivity contribution in [3.63, 3.8) is 0 Å². The first-order chi connectivity index (χ1) is 13.3. The molecule has 0 spiro atoms. The normalized spacial score (nSPS) is 18.3. The van der Waals surface area contributed by atoms with Crippen molar-refractivity contribution >= 4 is 0 Å². The summed E-state index contributed by atoms with van der Waals surface area (Å²) in [6, 6.07) is 19.0. The lowest BCUT2D eigenvalue weighted by Crippen LogP contribution is -2.25. The molecule has 2 unspecified atom stereocenters. The van der Waals surface area contributed by atoms with Gasteiger partial charge in [0.15, 0.2) is 6.29 Å². The van der Waals surface area contributed by atoms with E-state index >= 15 is 0 Å². The third-order valence-corrected chi connectivity index (χ3v) is 4.81. The Morgan fingerprint density at radius 2 is 1.85 bits per heavy atom. The Labute approximate surface area is 162 Å². The fourth-order valence-corrected chi connectivity index (χ4v) is 3.38. The highest BCUT2D eigenvalue weighted by Crippen LogP contribution is 2.28. The van der Waals surface area contributed by atoms with Gasteiger partial charge in [0.1, 0.15) is 0 Å². The second-order valence-corrected chi connectivity index (χ2v) is 6.94. The number of hydrogen-bond donors (Lipinski definition) is 1. The van der Waals surface area contributed by atoms with E-state index < -0.39 is 0 Å². The first-order valence-electron chi connectivity index (χ1n) is 9.93. The average molecular weight is 370 g/mol. The molecule has 1 N–H and O–H groups in total. The molecule has 0 saturated carbocycles. The van der Waals surface area contributed by atoms with E-state index in [1.807, 2.05) is 6.07 Å². The summed E-state index contributed by atoms with van der Waals surface area (Å²) in [6.45, 7) is 1.85. The molecule has 2 aromatic rings. The van der Waals surface area contributed by atoms with Crippen LogP contribution in [0.5, 0.6) is 0 Å². The van der Waals surface area contributed by atoms with Crippen LogP contribution in [0.1, 0.15) is 42.1 Å². The van der Waals surface area contributed by atoms with E-state index in [-0.39, 0.29) is 19.0 Å².